The predicted octanol–water partition coefficient (Wildman–Crippen LogP) is 2.89. The van der Waals surface area contributed by atoms with Crippen LogP contribution >= 0.6 is 0 Å². The van der Waals surface area contributed by atoms with Gasteiger partial charge in [0.25, 0.3) is 11.5 Å². The fraction of sp³-hybridized carbons (Fsp3) is 0.480. The summed E-state index contributed by atoms with van der Waals surface area (Å²) in [5.41, 5.74) is 1.81. The van der Waals surface area contributed by atoms with Crippen LogP contribution in [0.15, 0.2) is 35.1 Å². The lowest BCUT2D eigenvalue weighted by molar-refractivity contribution is 0.0759. The number of hydrogen-bond acceptors (Lipinski definition) is 5. The molecule has 0 radical (unpaired) electrons. The number of hydrogen-bond donors (Lipinski definition) is 1. The highest BCUT2D eigenvalue weighted by atomic mass is 16.5. The van der Waals surface area contributed by atoms with Crippen LogP contribution in [0.4, 0.5) is 0 Å². The van der Waals surface area contributed by atoms with Crippen LogP contribution < -0.4 is 10.3 Å². The first-order valence-electron chi connectivity index (χ1n) is 11.2. The number of aromatic amines is 1. The van der Waals surface area contributed by atoms with Crippen molar-refractivity contribution in [2.24, 2.45) is 5.41 Å². The highest BCUT2D eigenvalue weighted by molar-refractivity contribution is 6.02. The molecule has 1 aliphatic carbocycles. The Balaban J connectivity index is 1.45. The van der Waals surface area contributed by atoms with E-state index in [1.807, 2.05) is 26.0 Å². The number of carbonyl (C=O) groups is 2. The van der Waals surface area contributed by atoms with E-state index in [4.69, 9.17) is 4.74 Å². The number of methoxy groups -OCH3 is 1. The molecule has 1 aliphatic heterocycles. The minimum absolute atomic E-state index is 0.0110. The smallest absolute Gasteiger partial charge is 0.261 e. The summed E-state index contributed by atoms with van der Waals surface area (Å²) in [6.07, 6.45) is 1.88. The zero-order chi connectivity index (χ0) is 22.9. The molecule has 7 nitrogen and oxygen atoms in total. The highest BCUT2D eigenvalue weighted by Gasteiger charge is 2.33. The van der Waals surface area contributed by atoms with Crippen LogP contribution in [0.5, 0.6) is 5.75 Å². The summed E-state index contributed by atoms with van der Waals surface area (Å²) < 4.78 is 5.22. The Labute approximate surface area is 188 Å². The van der Waals surface area contributed by atoms with E-state index in [0.29, 0.717) is 37.2 Å². The Morgan fingerprint density at radius 2 is 1.81 bits per heavy atom. The molecule has 1 amide bonds. The van der Waals surface area contributed by atoms with Crippen molar-refractivity contribution in [1.82, 2.24) is 14.8 Å². The van der Waals surface area contributed by atoms with Gasteiger partial charge in [-0.1, -0.05) is 26.0 Å². The lowest BCUT2D eigenvalue weighted by Gasteiger charge is -2.30. The monoisotopic (exact) mass is 437 g/mol. The van der Waals surface area contributed by atoms with Gasteiger partial charge in [0.15, 0.2) is 5.78 Å². The number of Topliss-reactive ketones (excluding diaryl/α,β-unsaturated/α-hetero) is 1. The van der Waals surface area contributed by atoms with Crippen LogP contribution in [0.25, 0.3) is 0 Å². The van der Waals surface area contributed by atoms with Gasteiger partial charge >= 0.3 is 0 Å². The number of ether oxygens (including phenoxy) is 1. The summed E-state index contributed by atoms with van der Waals surface area (Å²) in [4.78, 5) is 45.4. The van der Waals surface area contributed by atoms with Gasteiger partial charge < -0.3 is 14.6 Å². The number of nitrogens with zero attached hydrogens (tertiary/aromatic N) is 2. The van der Waals surface area contributed by atoms with Gasteiger partial charge in [0.05, 0.1) is 7.11 Å². The van der Waals surface area contributed by atoms with Crippen LogP contribution in [0, 0.1) is 5.41 Å². The summed E-state index contributed by atoms with van der Waals surface area (Å²) in [6.45, 7) is 7.58. The third-order valence-corrected chi connectivity index (χ3v) is 6.39. The molecule has 2 aliphatic rings. The van der Waals surface area contributed by atoms with Gasteiger partial charge in [-0.25, -0.2) is 0 Å². The molecule has 32 heavy (non-hydrogen) atoms. The normalized spacial score (nSPS) is 18.7. The molecule has 1 fully saturated rings. The third kappa shape index (κ3) is 4.78. The average Bonchev–Trinajstić information content (AvgIpc) is 2.98. The van der Waals surface area contributed by atoms with Crippen LogP contribution in [0.3, 0.4) is 0 Å². The number of carbonyl (C=O) groups excluding carboxylic acids is 2. The number of fused-ring (bicyclic) bond motifs is 1. The number of ketones is 1. The first kappa shape index (κ1) is 22.3. The Kier molecular flexibility index (Phi) is 6.20. The Bertz CT molecular complexity index is 1070. The highest BCUT2D eigenvalue weighted by Crippen LogP contribution is 2.33. The van der Waals surface area contributed by atoms with Crippen molar-refractivity contribution in [3.05, 3.63) is 63.1 Å². The van der Waals surface area contributed by atoms with E-state index in [-0.39, 0.29) is 22.7 Å². The van der Waals surface area contributed by atoms with E-state index >= 15 is 0 Å². The van der Waals surface area contributed by atoms with Crippen LogP contribution in [0.2, 0.25) is 0 Å². The van der Waals surface area contributed by atoms with Gasteiger partial charge in [0, 0.05) is 50.4 Å². The summed E-state index contributed by atoms with van der Waals surface area (Å²) in [7, 11) is 1.65. The van der Waals surface area contributed by atoms with E-state index in [9.17, 15) is 14.4 Å². The minimum Gasteiger partial charge on any atom is -0.497 e. The van der Waals surface area contributed by atoms with Gasteiger partial charge in [-0.05, 0) is 42.0 Å². The number of pyridine rings is 1. The molecular weight excluding hydrogens is 406 g/mol. The largest absolute Gasteiger partial charge is 0.497 e. The van der Waals surface area contributed by atoms with Gasteiger partial charge in [-0.15, -0.1) is 0 Å². The Hall–Kier alpha value is -2.93. The number of nitrogens with one attached hydrogen (secondary N) is 1. The van der Waals surface area contributed by atoms with E-state index in [1.165, 1.54) is 11.6 Å². The molecule has 2 aromatic rings. The van der Waals surface area contributed by atoms with Crippen molar-refractivity contribution < 1.29 is 14.3 Å². The molecule has 0 bridgehead atoms. The van der Waals surface area contributed by atoms with E-state index in [1.54, 1.807) is 12.0 Å². The zero-order valence-corrected chi connectivity index (χ0v) is 19.1. The molecule has 2 heterocycles. The summed E-state index contributed by atoms with van der Waals surface area (Å²) in [5, 5.41) is 0. The number of rotatable bonds is 4. The second-order valence-corrected chi connectivity index (χ2v) is 9.62. The van der Waals surface area contributed by atoms with Gasteiger partial charge in [0.2, 0.25) is 0 Å². The summed E-state index contributed by atoms with van der Waals surface area (Å²) >= 11 is 0. The zero-order valence-electron chi connectivity index (χ0n) is 19.1. The van der Waals surface area contributed by atoms with Crippen LogP contribution in [-0.4, -0.2) is 59.8 Å². The fourth-order valence-electron chi connectivity index (χ4n) is 4.68. The molecule has 0 atom stereocenters. The standard InChI is InChI=1S/C25H31N3O4/c1-25(2)14-21-19(22(29)15-25)13-20(23(30)26-21)24(31)28-10-4-9-27(11-12-28)16-17-5-7-18(32-3)8-6-17/h5-8,13H,4,9-12,14-16H2,1-3H3,(H,26,30). The molecule has 1 aromatic heterocycles. The number of amides is 1. The first-order chi connectivity index (χ1) is 15.3. The molecule has 7 heteroatoms. The maximum atomic E-state index is 13.2. The summed E-state index contributed by atoms with van der Waals surface area (Å²) in [6, 6.07) is 9.53. The van der Waals surface area contributed by atoms with Crippen LogP contribution in [0.1, 0.15) is 58.7 Å². The Morgan fingerprint density at radius 3 is 2.53 bits per heavy atom. The summed E-state index contributed by atoms with van der Waals surface area (Å²) in [5.74, 6) is 0.528. The van der Waals surface area contributed by atoms with E-state index < -0.39 is 5.56 Å². The number of aromatic nitrogens is 1. The SMILES string of the molecule is COc1ccc(CN2CCCN(C(=O)c3cc4c([nH]c3=O)CC(C)(C)CC4=O)CC2)cc1. The van der Waals surface area contributed by atoms with Crippen LogP contribution in [-0.2, 0) is 13.0 Å². The first-order valence-corrected chi connectivity index (χ1v) is 11.2. The second-order valence-electron chi connectivity index (χ2n) is 9.62. The third-order valence-electron chi connectivity index (χ3n) is 6.39. The predicted molar refractivity (Wildman–Crippen MR) is 122 cm³/mol. The number of H-pyrrole nitrogens is 1. The quantitative estimate of drug-likeness (QED) is 0.795. The maximum Gasteiger partial charge on any atom is 0.261 e. The number of benzene rings is 1. The molecular formula is C25H31N3O4. The van der Waals surface area contributed by atoms with Gasteiger partial charge in [-0.2, -0.15) is 0 Å². The van der Waals surface area contributed by atoms with E-state index in [0.717, 1.165) is 31.8 Å². The Morgan fingerprint density at radius 1 is 1.06 bits per heavy atom. The van der Waals surface area contributed by atoms with Gasteiger partial charge in [-0.3, -0.25) is 19.3 Å². The molecule has 4 rings (SSSR count). The molecule has 1 N–H and O–H groups in total. The van der Waals surface area contributed by atoms with Crippen molar-refractivity contribution in [3.8, 4) is 5.75 Å². The van der Waals surface area contributed by atoms with Gasteiger partial charge in [0.1, 0.15) is 11.3 Å². The molecule has 1 aromatic carbocycles. The molecule has 170 valence electrons. The minimum atomic E-state index is -0.404. The fourth-order valence-corrected chi connectivity index (χ4v) is 4.68. The maximum absolute atomic E-state index is 13.2. The second kappa shape index (κ2) is 8.90. The lowest BCUT2D eigenvalue weighted by Crippen LogP contribution is -2.39. The molecule has 0 saturated carbocycles. The average molecular weight is 438 g/mol. The van der Waals surface area contributed by atoms with Crippen molar-refractivity contribution in [2.75, 3.05) is 33.3 Å². The molecule has 1 saturated heterocycles. The molecule has 0 spiro atoms. The van der Waals surface area contributed by atoms with Crippen molar-refractivity contribution in [3.63, 3.8) is 0 Å². The lowest BCUT2D eigenvalue weighted by atomic mass is 9.75. The van der Waals surface area contributed by atoms with Crippen molar-refractivity contribution in [1.29, 1.82) is 0 Å². The van der Waals surface area contributed by atoms with Crippen molar-refractivity contribution >= 4 is 11.7 Å². The molecule has 0 unspecified atom stereocenters. The topological polar surface area (TPSA) is 82.7 Å². The van der Waals surface area contributed by atoms with E-state index in [2.05, 4.69) is 22.0 Å². The van der Waals surface area contributed by atoms with Crippen molar-refractivity contribution in [2.45, 2.75) is 39.7 Å².